The normalized spacial score (nSPS) is 20.7. The number of piperidine rings is 2. The zero-order valence-corrected chi connectivity index (χ0v) is 13.5. The number of carbonyl (C=O) groups is 1. The van der Waals surface area contributed by atoms with Gasteiger partial charge in [-0.15, -0.1) is 11.3 Å². The summed E-state index contributed by atoms with van der Waals surface area (Å²) < 4.78 is 0. The number of nitrogens with zero attached hydrogens (tertiary/aromatic N) is 3. The fourth-order valence-electron chi connectivity index (χ4n) is 3.22. The molecule has 3 rings (SSSR count). The summed E-state index contributed by atoms with van der Waals surface area (Å²) in [5, 5.41) is 3.24. The van der Waals surface area contributed by atoms with Crippen LogP contribution in [0.15, 0.2) is 5.38 Å². The largest absolute Gasteiger partial charge is 0.342 e. The minimum atomic E-state index is 0.254. The zero-order valence-electron chi connectivity index (χ0n) is 12.7. The number of likely N-dealkylation sites (tertiary alicyclic amines) is 2. The van der Waals surface area contributed by atoms with Crippen LogP contribution >= 0.6 is 11.3 Å². The van der Waals surface area contributed by atoms with Crippen molar-refractivity contribution in [2.45, 2.75) is 51.5 Å². The summed E-state index contributed by atoms with van der Waals surface area (Å²) >= 11 is 1.71. The molecule has 0 radical (unpaired) electrons. The number of aromatic nitrogens is 1. The Hall–Kier alpha value is -0.940. The van der Waals surface area contributed by atoms with Crippen LogP contribution in [0.25, 0.3) is 0 Å². The highest BCUT2D eigenvalue weighted by Gasteiger charge is 2.18. The van der Waals surface area contributed by atoms with Gasteiger partial charge in [-0.25, -0.2) is 4.98 Å². The number of hydrogen-bond acceptors (Lipinski definition) is 4. The Morgan fingerprint density at radius 2 is 1.71 bits per heavy atom. The van der Waals surface area contributed by atoms with Crippen molar-refractivity contribution in [3.63, 3.8) is 0 Å². The lowest BCUT2D eigenvalue weighted by molar-refractivity contribution is -0.131. The Labute approximate surface area is 131 Å². The molecule has 2 aliphatic heterocycles. The number of rotatable bonds is 4. The van der Waals surface area contributed by atoms with Crippen molar-refractivity contribution in [3.05, 3.63) is 16.1 Å². The Balaban J connectivity index is 1.50. The second-order valence-corrected chi connectivity index (χ2v) is 7.13. The van der Waals surface area contributed by atoms with Crippen molar-refractivity contribution in [2.75, 3.05) is 26.2 Å². The summed E-state index contributed by atoms with van der Waals surface area (Å²) in [5.41, 5.74) is 0.961. The van der Waals surface area contributed by atoms with Crippen LogP contribution in [0.2, 0.25) is 0 Å². The van der Waals surface area contributed by atoms with Gasteiger partial charge < -0.3 is 4.90 Å². The van der Waals surface area contributed by atoms with Gasteiger partial charge in [0, 0.05) is 18.5 Å². The Kier molecular flexibility index (Phi) is 5.25. The lowest BCUT2D eigenvalue weighted by Crippen LogP contribution is -2.36. The van der Waals surface area contributed by atoms with Crippen molar-refractivity contribution in [2.24, 2.45) is 0 Å². The number of carbonyl (C=O) groups excluding carboxylic acids is 1. The quantitative estimate of drug-likeness (QED) is 0.858. The van der Waals surface area contributed by atoms with Gasteiger partial charge in [-0.3, -0.25) is 9.69 Å². The first-order chi connectivity index (χ1) is 10.3. The van der Waals surface area contributed by atoms with Crippen molar-refractivity contribution >= 4 is 17.2 Å². The summed E-state index contributed by atoms with van der Waals surface area (Å²) in [5.74, 6) is 0.254. The second kappa shape index (κ2) is 7.36. The van der Waals surface area contributed by atoms with E-state index in [0.29, 0.717) is 6.42 Å². The molecule has 1 amide bonds. The highest BCUT2D eigenvalue weighted by Crippen LogP contribution is 2.17. The molecule has 3 heterocycles. The molecule has 2 fully saturated rings. The van der Waals surface area contributed by atoms with Gasteiger partial charge in [-0.2, -0.15) is 0 Å². The first kappa shape index (κ1) is 15.0. The van der Waals surface area contributed by atoms with E-state index >= 15 is 0 Å². The fourth-order valence-corrected chi connectivity index (χ4v) is 4.06. The molecule has 1 aromatic rings. The van der Waals surface area contributed by atoms with E-state index in [-0.39, 0.29) is 5.91 Å². The van der Waals surface area contributed by atoms with Gasteiger partial charge >= 0.3 is 0 Å². The molecule has 116 valence electrons. The molecule has 2 aliphatic rings. The molecule has 21 heavy (non-hydrogen) atoms. The molecule has 1 aromatic heterocycles. The fraction of sp³-hybridized carbons (Fsp3) is 0.750. The molecular weight excluding hydrogens is 282 g/mol. The molecule has 0 spiro atoms. The lowest BCUT2D eigenvalue weighted by Gasteiger charge is -2.26. The van der Waals surface area contributed by atoms with Gasteiger partial charge in [-0.1, -0.05) is 6.42 Å². The number of thiazole rings is 1. The maximum absolute atomic E-state index is 12.2. The topological polar surface area (TPSA) is 36.4 Å². The van der Waals surface area contributed by atoms with Gasteiger partial charge in [0.25, 0.3) is 0 Å². The predicted octanol–water partition coefficient (Wildman–Crippen LogP) is 2.68. The molecule has 0 saturated carbocycles. The molecule has 0 aliphatic carbocycles. The van der Waals surface area contributed by atoms with Crippen LogP contribution in [0.5, 0.6) is 0 Å². The Morgan fingerprint density at radius 1 is 1.05 bits per heavy atom. The monoisotopic (exact) mass is 307 g/mol. The molecule has 2 saturated heterocycles. The number of amides is 1. The summed E-state index contributed by atoms with van der Waals surface area (Å²) in [6.07, 6.45) is 8.05. The summed E-state index contributed by atoms with van der Waals surface area (Å²) in [6.45, 7) is 5.22. The van der Waals surface area contributed by atoms with Crippen molar-refractivity contribution in [3.8, 4) is 0 Å². The maximum atomic E-state index is 12.2. The highest BCUT2D eigenvalue weighted by molar-refractivity contribution is 7.09. The smallest absolute Gasteiger partial charge is 0.228 e. The van der Waals surface area contributed by atoms with Gasteiger partial charge in [0.15, 0.2) is 0 Å². The van der Waals surface area contributed by atoms with Crippen LogP contribution in [0.3, 0.4) is 0 Å². The summed E-state index contributed by atoms with van der Waals surface area (Å²) in [4.78, 5) is 21.4. The van der Waals surface area contributed by atoms with E-state index in [2.05, 4.69) is 15.3 Å². The predicted molar refractivity (Wildman–Crippen MR) is 85.4 cm³/mol. The summed E-state index contributed by atoms with van der Waals surface area (Å²) in [7, 11) is 0. The van der Waals surface area contributed by atoms with Gasteiger partial charge in [0.1, 0.15) is 5.01 Å². The Morgan fingerprint density at radius 3 is 2.43 bits per heavy atom. The van der Waals surface area contributed by atoms with E-state index in [1.165, 1.54) is 43.8 Å². The second-order valence-electron chi connectivity index (χ2n) is 6.19. The third kappa shape index (κ3) is 4.27. The standard InChI is InChI=1S/C16H25N3OS/c20-16(19-9-5-2-6-10-19)11-14-13-21-15(17-14)12-18-7-3-1-4-8-18/h13H,1-12H2. The third-order valence-corrected chi connectivity index (χ3v) is 5.33. The van der Waals surface area contributed by atoms with Crippen LogP contribution in [0.4, 0.5) is 0 Å². The van der Waals surface area contributed by atoms with Crippen LogP contribution in [0, 0.1) is 0 Å². The van der Waals surface area contributed by atoms with E-state index in [1.54, 1.807) is 11.3 Å². The molecule has 0 bridgehead atoms. The van der Waals surface area contributed by atoms with E-state index in [1.807, 2.05) is 4.90 Å². The third-order valence-electron chi connectivity index (χ3n) is 4.45. The minimum Gasteiger partial charge on any atom is -0.342 e. The molecule has 0 aromatic carbocycles. The van der Waals surface area contributed by atoms with Crippen molar-refractivity contribution < 1.29 is 4.79 Å². The van der Waals surface area contributed by atoms with Crippen LogP contribution in [-0.2, 0) is 17.8 Å². The van der Waals surface area contributed by atoms with Crippen molar-refractivity contribution in [1.82, 2.24) is 14.8 Å². The summed E-state index contributed by atoms with van der Waals surface area (Å²) in [6, 6.07) is 0. The molecule has 5 heteroatoms. The van der Waals surface area contributed by atoms with Crippen LogP contribution < -0.4 is 0 Å². The van der Waals surface area contributed by atoms with Gasteiger partial charge in [0.05, 0.1) is 18.7 Å². The first-order valence-electron chi connectivity index (χ1n) is 8.25. The zero-order chi connectivity index (χ0) is 14.5. The molecular formula is C16H25N3OS. The van der Waals surface area contributed by atoms with Crippen LogP contribution in [0.1, 0.15) is 49.2 Å². The van der Waals surface area contributed by atoms with Crippen molar-refractivity contribution in [1.29, 1.82) is 0 Å². The minimum absolute atomic E-state index is 0.254. The molecule has 0 N–H and O–H groups in total. The van der Waals surface area contributed by atoms with Crippen LogP contribution in [-0.4, -0.2) is 46.9 Å². The average molecular weight is 307 g/mol. The first-order valence-corrected chi connectivity index (χ1v) is 9.12. The van der Waals surface area contributed by atoms with E-state index in [4.69, 9.17) is 0 Å². The molecule has 4 nitrogen and oxygen atoms in total. The van der Waals surface area contributed by atoms with Gasteiger partial charge in [0.2, 0.25) is 5.91 Å². The lowest BCUT2D eigenvalue weighted by atomic mass is 10.1. The van der Waals surface area contributed by atoms with E-state index in [0.717, 1.165) is 38.2 Å². The maximum Gasteiger partial charge on any atom is 0.228 e. The number of hydrogen-bond donors (Lipinski definition) is 0. The highest BCUT2D eigenvalue weighted by atomic mass is 32.1. The van der Waals surface area contributed by atoms with E-state index in [9.17, 15) is 4.79 Å². The molecule has 0 atom stereocenters. The Bertz CT molecular complexity index is 462. The van der Waals surface area contributed by atoms with Gasteiger partial charge in [-0.05, 0) is 45.2 Å². The molecule has 0 unspecified atom stereocenters. The average Bonchev–Trinajstić information content (AvgIpc) is 2.96. The SMILES string of the molecule is O=C(Cc1csc(CN2CCCCC2)n1)N1CCCCC1. The van der Waals surface area contributed by atoms with E-state index < -0.39 is 0 Å².